The molecular weight excluding hydrogens is 415 g/mol. The van der Waals surface area contributed by atoms with Crippen molar-refractivity contribution >= 4 is 12.0 Å². The molecule has 1 saturated heterocycles. The van der Waals surface area contributed by atoms with Crippen LogP contribution in [0.2, 0.25) is 0 Å². The van der Waals surface area contributed by atoms with Crippen LogP contribution in [0.5, 0.6) is 5.88 Å². The molecule has 31 heavy (non-hydrogen) atoms. The van der Waals surface area contributed by atoms with Crippen molar-refractivity contribution < 1.29 is 32.2 Å². The van der Waals surface area contributed by atoms with Gasteiger partial charge in [0.05, 0.1) is 12.1 Å². The first-order valence-corrected chi connectivity index (χ1v) is 10.4. The number of amides is 2. The van der Waals surface area contributed by atoms with E-state index in [4.69, 9.17) is 9.47 Å². The number of nitrogens with zero attached hydrogens (tertiary/aromatic N) is 2. The normalized spacial score (nSPS) is 16.8. The lowest BCUT2D eigenvalue weighted by Gasteiger charge is -2.29. The third-order valence-electron chi connectivity index (χ3n) is 4.88. The van der Waals surface area contributed by atoms with Crippen LogP contribution in [0.15, 0.2) is 18.3 Å². The van der Waals surface area contributed by atoms with Crippen LogP contribution in [0.25, 0.3) is 0 Å². The number of ether oxygens (including phenoxy) is 2. The molecule has 2 rings (SSSR count). The molecule has 1 aliphatic rings. The van der Waals surface area contributed by atoms with Crippen molar-refractivity contribution in [1.82, 2.24) is 15.2 Å². The van der Waals surface area contributed by atoms with Crippen molar-refractivity contribution in [2.45, 2.75) is 70.6 Å². The molecule has 1 fully saturated rings. The molecule has 0 bridgehead atoms. The summed E-state index contributed by atoms with van der Waals surface area (Å²) in [6, 6.07) is 1.81. The van der Waals surface area contributed by atoms with Crippen molar-refractivity contribution in [3.63, 3.8) is 0 Å². The van der Waals surface area contributed by atoms with E-state index >= 15 is 0 Å². The lowest BCUT2D eigenvalue weighted by molar-refractivity contribution is -0.139. The summed E-state index contributed by atoms with van der Waals surface area (Å²) in [4.78, 5) is 30.0. The zero-order chi connectivity index (χ0) is 23.1. The van der Waals surface area contributed by atoms with Gasteiger partial charge in [0.1, 0.15) is 12.2 Å². The molecular formula is C21H30F3N3O4. The molecule has 1 N–H and O–H groups in total. The van der Waals surface area contributed by atoms with Crippen molar-refractivity contribution in [3.8, 4) is 5.88 Å². The van der Waals surface area contributed by atoms with Gasteiger partial charge in [0.2, 0.25) is 11.8 Å². The minimum absolute atomic E-state index is 0.0870. The zero-order valence-corrected chi connectivity index (χ0v) is 18.1. The Bertz CT molecular complexity index is 756. The van der Waals surface area contributed by atoms with Crippen molar-refractivity contribution in [3.05, 3.63) is 23.9 Å². The van der Waals surface area contributed by atoms with E-state index in [0.29, 0.717) is 19.6 Å². The van der Waals surface area contributed by atoms with E-state index in [1.165, 1.54) is 12.3 Å². The van der Waals surface area contributed by atoms with Crippen molar-refractivity contribution in [2.75, 3.05) is 19.8 Å². The first-order valence-electron chi connectivity index (χ1n) is 10.4. The molecule has 2 heterocycles. The molecule has 1 aromatic rings. The van der Waals surface area contributed by atoms with E-state index in [9.17, 15) is 22.8 Å². The van der Waals surface area contributed by atoms with Crippen molar-refractivity contribution in [1.29, 1.82) is 0 Å². The van der Waals surface area contributed by atoms with E-state index in [-0.39, 0.29) is 25.0 Å². The summed E-state index contributed by atoms with van der Waals surface area (Å²) < 4.78 is 49.7. The number of hydrogen-bond donors (Lipinski definition) is 1. The predicted octanol–water partition coefficient (Wildman–Crippen LogP) is 4.17. The largest absolute Gasteiger partial charge is 0.475 e. The van der Waals surface area contributed by atoms with Crippen LogP contribution in [0.4, 0.5) is 18.0 Å². The van der Waals surface area contributed by atoms with E-state index in [1.807, 2.05) is 6.92 Å². The Morgan fingerprint density at radius 2 is 2.06 bits per heavy atom. The fraction of sp³-hybridized carbons (Fsp3) is 0.667. The van der Waals surface area contributed by atoms with Gasteiger partial charge in [0.25, 0.3) is 0 Å². The van der Waals surface area contributed by atoms with Gasteiger partial charge in [0.15, 0.2) is 0 Å². The minimum Gasteiger partial charge on any atom is -0.475 e. The van der Waals surface area contributed by atoms with Crippen LogP contribution in [0.1, 0.15) is 58.4 Å². The smallest absolute Gasteiger partial charge is 0.421 e. The fourth-order valence-corrected chi connectivity index (χ4v) is 3.32. The topological polar surface area (TPSA) is 80.8 Å². The molecule has 1 aromatic heterocycles. The van der Waals surface area contributed by atoms with Gasteiger partial charge >= 0.3 is 12.3 Å². The highest BCUT2D eigenvalue weighted by Crippen LogP contribution is 2.34. The number of rotatable bonds is 9. The summed E-state index contributed by atoms with van der Waals surface area (Å²) in [7, 11) is 0. The van der Waals surface area contributed by atoms with E-state index in [2.05, 4.69) is 10.3 Å². The van der Waals surface area contributed by atoms with Crippen LogP contribution in [0.3, 0.4) is 0 Å². The maximum Gasteiger partial charge on any atom is 0.421 e. The van der Waals surface area contributed by atoms with Gasteiger partial charge in [-0.05, 0) is 45.2 Å². The summed E-state index contributed by atoms with van der Waals surface area (Å²) in [5, 5.41) is 2.77. The van der Waals surface area contributed by atoms with Gasteiger partial charge in [-0.25, -0.2) is 9.78 Å². The van der Waals surface area contributed by atoms with Crippen LogP contribution < -0.4 is 10.1 Å². The van der Waals surface area contributed by atoms with Crippen LogP contribution in [0, 0.1) is 0 Å². The molecule has 10 heteroatoms. The maximum atomic E-state index is 13.1. The second-order valence-corrected chi connectivity index (χ2v) is 8.24. The van der Waals surface area contributed by atoms with E-state index in [1.54, 1.807) is 18.7 Å². The monoisotopic (exact) mass is 445 g/mol. The summed E-state index contributed by atoms with van der Waals surface area (Å²) in [5.74, 6) is -0.849. The molecule has 0 spiro atoms. The first kappa shape index (κ1) is 24.7. The Labute approximate surface area is 180 Å². The molecule has 0 radical (unpaired) electrons. The number of likely N-dealkylation sites (tertiary alicyclic amines) is 1. The number of alkyl halides is 3. The second-order valence-electron chi connectivity index (χ2n) is 8.24. The Morgan fingerprint density at radius 3 is 2.74 bits per heavy atom. The molecule has 0 aliphatic carbocycles. The summed E-state index contributed by atoms with van der Waals surface area (Å²) in [6.45, 7) is 5.98. The van der Waals surface area contributed by atoms with E-state index in [0.717, 1.165) is 25.3 Å². The van der Waals surface area contributed by atoms with Gasteiger partial charge in [-0.1, -0.05) is 13.3 Å². The average Bonchev–Trinajstić information content (AvgIpc) is 3.13. The molecule has 0 aromatic carbocycles. The SMILES string of the molecule is CCCCOC(=O)N1CCC[C@H]1CC(=O)NC(C)(C)COc1ncccc1C(F)(F)F. The lowest BCUT2D eigenvalue weighted by atomic mass is 10.1. The van der Waals surface area contributed by atoms with Gasteiger partial charge in [0, 0.05) is 25.2 Å². The highest BCUT2D eigenvalue weighted by atomic mass is 19.4. The third-order valence-corrected chi connectivity index (χ3v) is 4.88. The average molecular weight is 445 g/mol. The standard InChI is InChI=1S/C21H30F3N3O4/c1-4-5-12-30-19(29)27-11-7-8-15(27)13-17(28)26-20(2,3)14-31-18-16(21(22,23)24)9-6-10-25-18/h6,9-10,15H,4-5,7-8,11-14H2,1-3H3,(H,26,28)/t15-/m0/s1. The van der Waals surface area contributed by atoms with Gasteiger partial charge in [-0.3, -0.25) is 4.79 Å². The van der Waals surface area contributed by atoms with Crippen LogP contribution in [-0.4, -0.2) is 53.2 Å². The number of hydrogen-bond acceptors (Lipinski definition) is 5. The molecule has 7 nitrogen and oxygen atoms in total. The first-order chi connectivity index (χ1) is 14.5. The number of nitrogens with one attached hydrogen (secondary N) is 1. The highest BCUT2D eigenvalue weighted by Gasteiger charge is 2.36. The van der Waals surface area contributed by atoms with Crippen LogP contribution in [-0.2, 0) is 15.7 Å². The quantitative estimate of drug-likeness (QED) is 0.577. The summed E-state index contributed by atoms with van der Waals surface area (Å²) >= 11 is 0. The Kier molecular flexibility index (Phi) is 8.52. The zero-order valence-electron chi connectivity index (χ0n) is 18.1. The van der Waals surface area contributed by atoms with Gasteiger partial charge < -0.3 is 19.7 Å². The number of unbranched alkanes of at least 4 members (excludes halogenated alkanes) is 1. The molecule has 174 valence electrons. The van der Waals surface area contributed by atoms with Gasteiger partial charge in [-0.2, -0.15) is 13.2 Å². The second kappa shape index (κ2) is 10.7. The molecule has 0 saturated carbocycles. The predicted molar refractivity (Wildman–Crippen MR) is 108 cm³/mol. The Morgan fingerprint density at radius 1 is 1.32 bits per heavy atom. The van der Waals surface area contributed by atoms with Crippen molar-refractivity contribution in [2.24, 2.45) is 0 Å². The number of halogens is 3. The molecule has 1 aliphatic heterocycles. The highest BCUT2D eigenvalue weighted by molar-refractivity contribution is 5.78. The number of carbonyl (C=O) groups is 2. The Balaban J connectivity index is 1.89. The molecule has 0 unspecified atom stereocenters. The number of aromatic nitrogens is 1. The fourth-order valence-electron chi connectivity index (χ4n) is 3.32. The number of carbonyl (C=O) groups excluding carboxylic acids is 2. The maximum absolute atomic E-state index is 13.1. The van der Waals surface area contributed by atoms with Gasteiger partial charge in [-0.15, -0.1) is 0 Å². The minimum atomic E-state index is -4.59. The summed E-state index contributed by atoms with van der Waals surface area (Å²) in [5.41, 5.74) is -1.91. The summed E-state index contributed by atoms with van der Waals surface area (Å²) in [6.07, 6.45) is -0.530. The lowest BCUT2D eigenvalue weighted by Crippen LogP contribution is -2.49. The third kappa shape index (κ3) is 7.59. The number of pyridine rings is 1. The van der Waals surface area contributed by atoms with Crippen LogP contribution >= 0.6 is 0 Å². The van der Waals surface area contributed by atoms with E-state index < -0.39 is 29.3 Å². The Hall–Kier alpha value is -2.52. The molecule has 1 atom stereocenters. The molecule has 2 amide bonds.